The van der Waals surface area contributed by atoms with Gasteiger partial charge in [0.2, 0.25) is 0 Å². The minimum absolute atomic E-state index is 0.136. The predicted octanol–water partition coefficient (Wildman–Crippen LogP) is 2.08. The third kappa shape index (κ3) is 2.58. The molecule has 15 heavy (non-hydrogen) atoms. The molecule has 4 atom stereocenters. The van der Waals surface area contributed by atoms with Crippen LogP contribution in [0.3, 0.4) is 0 Å². The van der Waals surface area contributed by atoms with Gasteiger partial charge in [0.25, 0.3) is 0 Å². The first kappa shape index (κ1) is 11.1. The second-order valence-electron chi connectivity index (χ2n) is 4.52. The summed E-state index contributed by atoms with van der Waals surface area (Å²) in [6, 6.07) is 0. The molecule has 2 fully saturated rings. The van der Waals surface area contributed by atoms with Crippen molar-refractivity contribution in [3.8, 4) is 0 Å². The van der Waals surface area contributed by atoms with Crippen LogP contribution in [0.15, 0.2) is 0 Å². The molecule has 0 amide bonds. The van der Waals surface area contributed by atoms with Crippen LogP contribution in [-0.2, 0) is 14.3 Å². The molecule has 2 saturated heterocycles. The Kier molecular flexibility index (Phi) is 3.42. The van der Waals surface area contributed by atoms with E-state index < -0.39 is 0 Å². The van der Waals surface area contributed by atoms with Crippen LogP contribution >= 0.6 is 0 Å². The molecule has 3 nitrogen and oxygen atoms in total. The molecule has 2 aliphatic rings. The normalized spacial score (nSPS) is 37.7. The van der Waals surface area contributed by atoms with E-state index in [0.29, 0.717) is 0 Å². The second kappa shape index (κ2) is 4.62. The van der Waals surface area contributed by atoms with Crippen LogP contribution in [0, 0.1) is 0 Å². The van der Waals surface area contributed by atoms with Gasteiger partial charge in [0, 0.05) is 0 Å². The molecule has 0 aromatic rings. The Labute approximate surface area is 91.1 Å². The molecule has 86 valence electrons. The van der Waals surface area contributed by atoms with Crippen molar-refractivity contribution in [3.05, 3.63) is 0 Å². The summed E-state index contributed by atoms with van der Waals surface area (Å²) in [4.78, 5) is 11.8. The highest BCUT2D eigenvalue weighted by atomic mass is 16.6. The third-order valence-electron chi connectivity index (χ3n) is 3.14. The molecule has 2 rings (SSSR count). The van der Waals surface area contributed by atoms with Crippen molar-refractivity contribution < 1.29 is 14.3 Å². The fraction of sp³-hybridized carbons (Fsp3) is 0.917. The number of Topliss-reactive ketones (excluding diaryl/α,β-unsaturated/α-hetero) is 1. The van der Waals surface area contributed by atoms with Crippen molar-refractivity contribution in [2.45, 2.75) is 70.4 Å². The third-order valence-corrected chi connectivity index (χ3v) is 3.14. The molecule has 0 radical (unpaired) electrons. The van der Waals surface area contributed by atoms with Crippen LogP contribution in [0.5, 0.6) is 0 Å². The summed E-state index contributed by atoms with van der Waals surface area (Å²) in [5.74, 6) is 0.189. The molecule has 0 aromatic heterocycles. The highest BCUT2D eigenvalue weighted by Crippen LogP contribution is 2.36. The van der Waals surface area contributed by atoms with Crippen LogP contribution in [-0.4, -0.2) is 30.2 Å². The molecule has 0 saturated carbocycles. The summed E-state index contributed by atoms with van der Waals surface area (Å²) in [5, 5.41) is 0. The van der Waals surface area contributed by atoms with E-state index in [1.807, 2.05) is 0 Å². The van der Waals surface area contributed by atoms with Gasteiger partial charge in [0.1, 0.15) is 12.2 Å². The largest absolute Gasteiger partial charge is 0.361 e. The minimum Gasteiger partial charge on any atom is -0.361 e. The first-order valence-electron chi connectivity index (χ1n) is 6.12. The number of ether oxygens (including phenoxy) is 2. The Balaban J connectivity index is 1.67. The van der Waals surface area contributed by atoms with Gasteiger partial charge in [0.05, 0.1) is 12.2 Å². The number of carbonyl (C=O) groups is 1. The van der Waals surface area contributed by atoms with Crippen molar-refractivity contribution in [2.75, 3.05) is 0 Å². The molecule has 0 aromatic carbocycles. The van der Waals surface area contributed by atoms with Crippen LogP contribution in [0.25, 0.3) is 0 Å². The Bertz CT molecular complexity index is 239. The van der Waals surface area contributed by atoms with Crippen molar-refractivity contribution in [3.63, 3.8) is 0 Å². The lowest BCUT2D eigenvalue weighted by atomic mass is 10.1. The van der Waals surface area contributed by atoms with Gasteiger partial charge in [-0.1, -0.05) is 33.1 Å². The van der Waals surface area contributed by atoms with Gasteiger partial charge in [-0.15, -0.1) is 0 Å². The highest BCUT2D eigenvalue weighted by molar-refractivity contribution is 5.92. The number of ketones is 1. The van der Waals surface area contributed by atoms with Gasteiger partial charge >= 0.3 is 0 Å². The number of rotatable bonds is 7. The molecule has 3 heteroatoms. The number of hydrogen-bond donors (Lipinski definition) is 0. The summed E-state index contributed by atoms with van der Waals surface area (Å²) in [5.41, 5.74) is 0. The summed E-state index contributed by atoms with van der Waals surface area (Å²) in [6.45, 7) is 4.27. The zero-order valence-electron chi connectivity index (χ0n) is 9.57. The fourth-order valence-corrected chi connectivity index (χ4v) is 2.08. The monoisotopic (exact) mass is 212 g/mol. The van der Waals surface area contributed by atoms with Crippen LogP contribution < -0.4 is 0 Å². The molecular formula is C12H20O3. The van der Waals surface area contributed by atoms with E-state index in [1.54, 1.807) is 0 Å². The Morgan fingerprint density at radius 2 is 1.60 bits per heavy atom. The Morgan fingerprint density at radius 1 is 1.00 bits per heavy atom. The molecule has 0 spiro atoms. The van der Waals surface area contributed by atoms with E-state index >= 15 is 0 Å². The zero-order chi connectivity index (χ0) is 10.8. The van der Waals surface area contributed by atoms with E-state index in [1.165, 1.54) is 6.42 Å². The lowest BCUT2D eigenvalue weighted by Gasteiger charge is -1.92. The van der Waals surface area contributed by atoms with Crippen molar-refractivity contribution in [1.82, 2.24) is 0 Å². The average Bonchev–Trinajstić information content (AvgIpc) is 3.09. The minimum atomic E-state index is -0.137. The number of epoxide rings is 2. The van der Waals surface area contributed by atoms with Gasteiger partial charge in [-0.2, -0.15) is 0 Å². The molecule has 0 N–H and O–H groups in total. The molecule has 0 aliphatic carbocycles. The Morgan fingerprint density at radius 3 is 2.13 bits per heavy atom. The van der Waals surface area contributed by atoms with E-state index in [2.05, 4.69) is 13.8 Å². The predicted molar refractivity (Wildman–Crippen MR) is 56.8 cm³/mol. The number of hydrogen-bond acceptors (Lipinski definition) is 3. The lowest BCUT2D eigenvalue weighted by molar-refractivity contribution is -0.121. The first-order valence-corrected chi connectivity index (χ1v) is 6.12. The van der Waals surface area contributed by atoms with E-state index in [4.69, 9.17) is 9.47 Å². The van der Waals surface area contributed by atoms with Gasteiger partial charge in [-0.05, 0) is 12.8 Å². The SMILES string of the molecule is CCCC[C@@H]1O[C@@H]1C(=O)[C@@H]1O[C@H]1CCC. The van der Waals surface area contributed by atoms with Crippen molar-refractivity contribution in [1.29, 1.82) is 0 Å². The smallest absolute Gasteiger partial charge is 0.195 e. The summed E-state index contributed by atoms with van der Waals surface area (Å²) in [6.07, 6.45) is 5.55. The summed E-state index contributed by atoms with van der Waals surface area (Å²) < 4.78 is 10.7. The average molecular weight is 212 g/mol. The van der Waals surface area contributed by atoms with Gasteiger partial charge < -0.3 is 9.47 Å². The summed E-state index contributed by atoms with van der Waals surface area (Å²) >= 11 is 0. The fourth-order valence-electron chi connectivity index (χ4n) is 2.08. The lowest BCUT2D eigenvalue weighted by Crippen LogP contribution is -2.18. The maximum atomic E-state index is 11.8. The standard InChI is InChI=1S/C12H20O3/c1-3-5-7-9-12(15-9)10(13)11-8(14-11)6-4-2/h8-9,11-12H,3-7H2,1-2H3/t8-,9-,11+,12-/m0/s1. The molecule has 2 aliphatic heterocycles. The molecule has 0 bridgehead atoms. The van der Waals surface area contributed by atoms with E-state index in [9.17, 15) is 4.79 Å². The highest BCUT2D eigenvalue weighted by Gasteiger charge is 2.54. The van der Waals surface area contributed by atoms with Crippen LogP contribution in [0.1, 0.15) is 46.0 Å². The summed E-state index contributed by atoms with van der Waals surface area (Å²) in [7, 11) is 0. The quantitative estimate of drug-likeness (QED) is 0.607. The molecule has 2 heterocycles. The van der Waals surface area contributed by atoms with Crippen molar-refractivity contribution >= 4 is 5.78 Å². The van der Waals surface area contributed by atoms with E-state index in [0.717, 1.165) is 25.7 Å². The maximum absolute atomic E-state index is 11.8. The second-order valence-corrected chi connectivity index (χ2v) is 4.52. The van der Waals surface area contributed by atoms with Crippen LogP contribution in [0.2, 0.25) is 0 Å². The topological polar surface area (TPSA) is 42.1 Å². The number of unbranched alkanes of at least 4 members (excludes halogenated alkanes) is 1. The van der Waals surface area contributed by atoms with Gasteiger partial charge in [-0.3, -0.25) is 4.79 Å². The zero-order valence-corrected chi connectivity index (χ0v) is 9.57. The van der Waals surface area contributed by atoms with Crippen LogP contribution in [0.4, 0.5) is 0 Å². The first-order chi connectivity index (χ1) is 7.27. The Hall–Kier alpha value is -0.410. The molecule has 0 unspecified atom stereocenters. The number of carbonyl (C=O) groups excluding carboxylic acids is 1. The van der Waals surface area contributed by atoms with E-state index in [-0.39, 0.29) is 30.2 Å². The van der Waals surface area contributed by atoms with Gasteiger partial charge in [0.15, 0.2) is 5.78 Å². The maximum Gasteiger partial charge on any atom is 0.195 e. The van der Waals surface area contributed by atoms with Gasteiger partial charge in [-0.25, -0.2) is 0 Å². The molecular weight excluding hydrogens is 192 g/mol. The van der Waals surface area contributed by atoms with Crippen molar-refractivity contribution in [2.24, 2.45) is 0 Å².